The van der Waals surface area contributed by atoms with Gasteiger partial charge >= 0.3 is 0 Å². The van der Waals surface area contributed by atoms with Gasteiger partial charge in [0.1, 0.15) is 5.82 Å². The number of aromatic nitrogens is 1. The molecule has 0 bridgehead atoms. The summed E-state index contributed by atoms with van der Waals surface area (Å²) in [6.45, 7) is 1.11. The molecular weight excluding hydrogens is 358 g/mol. The Morgan fingerprint density at radius 3 is 2.18 bits per heavy atom. The molecule has 8 nitrogen and oxygen atoms in total. The van der Waals surface area contributed by atoms with Gasteiger partial charge in [-0.1, -0.05) is 6.07 Å². The van der Waals surface area contributed by atoms with Gasteiger partial charge in [0.25, 0.3) is 0 Å². The number of hydrogen-bond donors (Lipinski definition) is 2. The summed E-state index contributed by atoms with van der Waals surface area (Å²) in [5.41, 5.74) is 1.91. The van der Waals surface area contributed by atoms with E-state index in [1.54, 1.807) is 28.4 Å². The van der Waals surface area contributed by atoms with Crippen LogP contribution in [-0.2, 0) is 13.1 Å². The van der Waals surface area contributed by atoms with Crippen molar-refractivity contribution in [3.05, 3.63) is 41.6 Å². The second kappa shape index (κ2) is 10.2. The van der Waals surface area contributed by atoms with Gasteiger partial charge in [0.2, 0.25) is 5.75 Å². The van der Waals surface area contributed by atoms with Crippen LogP contribution >= 0.6 is 0 Å². The molecule has 0 aliphatic heterocycles. The molecule has 0 radical (unpaired) electrons. The Hall–Kier alpha value is -3.16. The van der Waals surface area contributed by atoms with E-state index in [0.29, 0.717) is 36.3 Å². The first-order valence-corrected chi connectivity index (χ1v) is 8.89. The summed E-state index contributed by atoms with van der Waals surface area (Å²) in [5.74, 6) is 3.39. The lowest BCUT2D eigenvalue weighted by Gasteiger charge is -2.16. The van der Waals surface area contributed by atoms with Gasteiger partial charge in [0, 0.05) is 27.7 Å². The zero-order chi connectivity index (χ0) is 20.5. The minimum atomic E-state index is 0.543. The molecule has 0 amide bonds. The average Bonchev–Trinajstić information content (AvgIpc) is 2.73. The second-order valence-electron chi connectivity index (χ2n) is 6.19. The van der Waals surface area contributed by atoms with Crippen LogP contribution in [0.3, 0.4) is 0 Å². The quantitative estimate of drug-likeness (QED) is 0.530. The summed E-state index contributed by atoms with van der Waals surface area (Å²) >= 11 is 0. The van der Waals surface area contributed by atoms with E-state index in [4.69, 9.17) is 14.2 Å². The predicted octanol–water partition coefficient (Wildman–Crippen LogP) is 2.04. The van der Waals surface area contributed by atoms with Crippen molar-refractivity contribution < 1.29 is 14.2 Å². The number of nitrogens with one attached hydrogen (secondary N) is 2. The number of anilines is 1. The van der Waals surface area contributed by atoms with Crippen molar-refractivity contribution in [2.75, 3.05) is 47.4 Å². The van der Waals surface area contributed by atoms with E-state index in [1.807, 2.05) is 49.3 Å². The van der Waals surface area contributed by atoms with Gasteiger partial charge in [-0.25, -0.2) is 4.98 Å². The third-order valence-corrected chi connectivity index (χ3v) is 4.10. The first kappa shape index (κ1) is 21.1. The summed E-state index contributed by atoms with van der Waals surface area (Å²) in [7, 11) is 10.5. The molecule has 0 atom stereocenters. The number of pyridine rings is 1. The van der Waals surface area contributed by atoms with E-state index < -0.39 is 0 Å². The molecule has 0 aliphatic carbocycles. The molecule has 0 unspecified atom stereocenters. The van der Waals surface area contributed by atoms with Crippen LogP contribution in [-0.4, -0.2) is 53.4 Å². The molecular formula is C20H29N5O3. The number of methoxy groups -OCH3 is 3. The lowest BCUT2D eigenvalue weighted by atomic mass is 10.2. The van der Waals surface area contributed by atoms with Crippen molar-refractivity contribution in [1.29, 1.82) is 0 Å². The Morgan fingerprint density at radius 1 is 1.00 bits per heavy atom. The number of aliphatic imine (C=N–C) groups is 1. The minimum Gasteiger partial charge on any atom is -0.493 e. The van der Waals surface area contributed by atoms with Gasteiger partial charge in [-0.15, -0.1) is 0 Å². The molecule has 152 valence electrons. The maximum absolute atomic E-state index is 5.40. The molecule has 0 saturated carbocycles. The fraction of sp³-hybridized carbons (Fsp3) is 0.400. The molecule has 2 rings (SSSR count). The SMILES string of the molecule is CN=C(NCc1cc(OC)c(OC)c(OC)c1)NCc1cccc(N(C)C)n1. The molecule has 0 fully saturated rings. The molecule has 2 N–H and O–H groups in total. The Kier molecular flexibility index (Phi) is 7.74. The summed E-state index contributed by atoms with van der Waals surface area (Å²) in [6.07, 6.45) is 0. The van der Waals surface area contributed by atoms with Crippen LogP contribution in [0.25, 0.3) is 0 Å². The summed E-state index contributed by atoms with van der Waals surface area (Å²) in [4.78, 5) is 10.8. The zero-order valence-corrected chi connectivity index (χ0v) is 17.4. The molecule has 1 aromatic carbocycles. The topological polar surface area (TPSA) is 80.2 Å². The lowest BCUT2D eigenvalue weighted by molar-refractivity contribution is 0.323. The van der Waals surface area contributed by atoms with E-state index in [2.05, 4.69) is 20.6 Å². The highest BCUT2D eigenvalue weighted by Gasteiger charge is 2.13. The molecule has 1 heterocycles. The molecule has 2 aromatic rings. The Morgan fingerprint density at radius 2 is 1.64 bits per heavy atom. The second-order valence-corrected chi connectivity index (χ2v) is 6.19. The average molecular weight is 387 g/mol. The van der Waals surface area contributed by atoms with E-state index in [9.17, 15) is 0 Å². The third-order valence-electron chi connectivity index (χ3n) is 4.10. The molecule has 28 heavy (non-hydrogen) atoms. The summed E-state index contributed by atoms with van der Waals surface area (Å²) < 4.78 is 16.2. The van der Waals surface area contributed by atoms with Crippen LogP contribution in [0, 0.1) is 0 Å². The van der Waals surface area contributed by atoms with Crippen molar-refractivity contribution in [2.45, 2.75) is 13.1 Å². The monoisotopic (exact) mass is 387 g/mol. The predicted molar refractivity (Wildman–Crippen MR) is 112 cm³/mol. The van der Waals surface area contributed by atoms with E-state index >= 15 is 0 Å². The fourth-order valence-electron chi connectivity index (χ4n) is 2.63. The number of rotatable bonds is 8. The van der Waals surface area contributed by atoms with Gasteiger partial charge in [0.15, 0.2) is 17.5 Å². The van der Waals surface area contributed by atoms with Gasteiger partial charge in [-0.05, 0) is 29.8 Å². The van der Waals surface area contributed by atoms with Crippen LogP contribution < -0.4 is 29.7 Å². The van der Waals surface area contributed by atoms with E-state index in [-0.39, 0.29) is 0 Å². The summed E-state index contributed by atoms with van der Waals surface area (Å²) in [6, 6.07) is 9.76. The van der Waals surface area contributed by atoms with Crippen molar-refractivity contribution >= 4 is 11.8 Å². The zero-order valence-electron chi connectivity index (χ0n) is 17.4. The van der Waals surface area contributed by atoms with Crippen LogP contribution in [0.1, 0.15) is 11.3 Å². The Balaban J connectivity index is 2.01. The minimum absolute atomic E-state index is 0.543. The van der Waals surface area contributed by atoms with Crippen molar-refractivity contribution in [1.82, 2.24) is 15.6 Å². The van der Waals surface area contributed by atoms with Crippen LogP contribution in [0.5, 0.6) is 17.2 Å². The smallest absolute Gasteiger partial charge is 0.203 e. The molecule has 8 heteroatoms. The Labute approximate surface area is 166 Å². The normalized spacial score (nSPS) is 11.0. The van der Waals surface area contributed by atoms with E-state index in [0.717, 1.165) is 17.1 Å². The number of hydrogen-bond acceptors (Lipinski definition) is 6. The van der Waals surface area contributed by atoms with Crippen LogP contribution in [0.15, 0.2) is 35.3 Å². The van der Waals surface area contributed by atoms with Gasteiger partial charge in [-0.2, -0.15) is 0 Å². The van der Waals surface area contributed by atoms with Crippen LogP contribution in [0.4, 0.5) is 5.82 Å². The lowest BCUT2D eigenvalue weighted by Crippen LogP contribution is -2.36. The van der Waals surface area contributed by atoms with Crippen LogP contribution in [0.2, 0.25) is 0 Å². The van der Waals surface area contributed by atoms with Crippen molar-refractivity contribution in [3.63, 3.8) is 0 Å². The van der Waals surface area contributed by atoms with Crippen molar-refractivity contribution in [3.8, 4) is 17.2 Å². The van der Waals surface area contributed by atoms with E-state index in [1.165, 1.54) is 0 Å². The van der Waals surface area contributed by atoms with Gasteiger partial charge in [-0.3, -0.25) is 4.99 Å². The molecule has 0 aliphatic rings. The highest BCUT2D eigenvalue weighted by molar-refractivity contribution is 5.79. The standard InChI is InChI=1S/C20H29N5O3/c1-21-20(23-13-15-8-7-9-18(24-15)25(2)3)22-12-14-10-16(26-4)19(28-6)17(11-14)27-5/h7-11H,12-13H2,1-6H3,(H2,21,22,23). The highest BCUT2D eigenvalue weighted by Crippen LogP contribution is 2.38. The molecule has 1 aromatic heterocycles. The number of guanidine groups is 1. The first-order chi connectivity index (χ1) is 13.5. The highest BCUT2D eigenvalue weighted by atomic mass is 16.5. The fourth-order valence-corrected chi connectivity index (χ4v) is 2.63. The number of nitrogens with zero attached hydrogens (tertiary/aromatic N) is 3. The molecule has 0 saturated heterocycles. The summed E-state index contributed by atoms with van der Waals surface area (Å²) in [5, 5.41) is 6.55. The maximum Gasteiger partial charge on any atom is 0.203 e. The number of benzene rings is 1. The van der Waals surface area contributed by atoms with Crippen molar-refractivity contribution in [2.24, 2.45) is 4.99 Å². The van der Waals surface area contributed by atoms with Gasteiger partial charge < -0.3 is 29.7 Å². The number of ether oxygens (including phenoxy) is 3. The third kappa shape index (κ3) is 5.42. The molecule has 0 spiro atoms. The van der Waals surface area contributed by atoms with Gasteiger partial charge in [0.05, 0.1) is 33.6 Å². The Bertz CT molecular complexity index is 783. The largest absolute Gasteiger partial charge is 0.493 e. The first-order valence-electron chi connectivity index (χ1n) is 8.89. The maximum atomic E-state index is 5.40.